The van der Waals surface area contributed by atoms with Crippen molar-refractivity contribution < 1.29 is 14.3 Å². The molecule has 0 spiro atoms. The topological polar surface area (TPSA) is 67.2 Å². The first-order valence-corrected chi connectivity index (χ1v) is 8.92. The number of imidazole rings is 1. The van der Waals surface area contributed by atoms with Crippen molar-refractivity contribution in [3.05, 3.63) is 35.8 Å². The average molecular weight is 358 g/mol. The fraction of sp³-hybridized carbons (Fsp3) is 0.526. The standard InChI is InChI=1S/C19H26N4O3/c1-14-6-5-7-23-13-15(20-17(14)23)12-16(24)21-8-10-22(11-9-21)18(25)26-19(2,3)4/h5-7,13H,8-12H2,1-4H3. The number of carbonyl (C=O) groups is 2. The molecule has 1 aliphatic rings. The van der Waals surface area contributed by atoms with E-state index in [1.807, 2.05) is 56.6 Å². The van der Waals surface area contributed by atoms with Gasteiger partial charge in [-0.25, -0.2) is 9.78 Å². The number of fused-ring (bicyclic) bond motifs is 1. The molecule has 3 rings (SSSR count). The monoisotopic (exact) mass is 358 g/mol. The molecule has 0 unspecified atom stereocenters. The highest BCUT2D eigenvalue weighted by atomic mass is 16.6. The van der Waals surface area contributed by atoms with Crippen molar-refractivity contribution in [2.45, 2.75) is 39.7 Å². The van der Waals surface area contributed by atoms with Crippen LogP contribution < -0.4 is 0 Å². The van der Waals surface area contributed by atoms with Gasteiger partial charge in [-0.3, -0.25) is 4.79 Å². The van der Waals surface area contributed by atoms with Crippen LogP contribution in [-0.4, -0.2) is 63.0 Å². The van der Waals surface area contributed by atoms with Gasteiger partial charge in [0.2, 0.25) is 5.91 Å². The molecule has 140 valence electrons. The second-order valence-corrected chi connectivity index (χ2v) is 7.68. The van der Waals surface area contributed by atoms with Crippen molar-refractivity contribution >= 4 is 17.6 Å². The first-order valence-electron chi connectivity index (χ1n) is 8.92. The van der Waals surface area contributed by atoms with Crippen molar-refractivity contribution in [1.29, 1.82) is 0 Å². The van der Waals surface area contributed by atoms with Crippen LogP contribution in [0.4, 0.5) is 4.79 Å². The number of amides is 2. The summed E-state index contributed by atoms with van der Waals surface area (Å²) in [6, 6.07) is 3.97. The first-order chi connectivity index (χ1) is 12.2. The largest absolute Gasteiger partial charge is 0.444 e. The predicted octanol–water partition coefficient (Wildman–Crippen LogP) is 2.26. The van der Waals surface area contributed by atoms with Crippen molar-refractivity contribution in [3.63, 3.8) is 0 Å². The number of hydrogen-bond acceptors (Lipinski definition) is 4. The Morgan fingerprint density at radius 1 is 1.15 bits per heavy atom. The molecule has 0 bridgehead atoms. The van der Waals surface area contributed by atoms with Crippen LogP contribution in [0.3, 0.4) is 0 Å². The Kier molecular flexibility index (Phi) is 4.89. The summed E-state index contributed by atoms with van der Waals surface area (Å²) in [5, 5.41) is 0. The Balaban J connectivity index is 1.56. The van der Waals surface area contributed by atoms with Gasteiger partial charge in [0, 0.05) is 38.6 Å². The summed E-state index contributed by atoms with van der Waals surface area (Å²) in [5.74, 6) is 0.0369. The van der Waals surface area contributed by atoms with Crippen molar-refractivity contribution in [3.8, 4) is 0 Å². The lowest BCUT2D eigenvalue weighted by Gasteiger charge is -2.35. The quantitative estimate of drug-likeness (QED) is 0.826. The number of hydrogen-bond donors (Lipinski definition) is 0. The summed E-state index contributed by atoms with van der Waals surface area (Å²) < 4.78 is 7.33. The van der Waals surface area contributed by atoms with Crippen LogP contribution in [0, 0.1) is 6.92 Å². The molecule has 0 aliphatic carbocycles. The van der Waals surface area contributed by atoms with Gasteiger partial charge < -0.3 is 18.9 Å². The van der Waals surface area contributed by atoms with Gasteiger partial charge in [0.1, 0.15) is 11.2 Å². The molecule has 1 aliphatic heterocycles. The lowest BCUT2D eigenvalue weighted by molar-refractivity contribution is -0.132. The number of pyridine rings is 1. The van der Waals surface area contributed by atoms with Gasteiger partial charge in [-0.05, 0) is 39.3 Å². The van der Waals surface area contributed by atoms with Gasteiger partial charge in [0.25, 0.3) is 0 Å². The second-order valence-electron chi connectivity index (χ2n) is 7.68. The Hall–Kier alpha value is -2.57. The predicted molar refractivity (Wildman–Crippen MR) is 98.0 cm³/mol. The molecule has 26 heavy (non-hydrogen) atoms. The van der Waals surface area contributed by atoms with Crippen LogP contribution in [0.15, 0.2) is 24.5 Å². The van der Waals surface area contributed by atoms with E-state index >= 15 is 0 Å². The summed E-state index contributed by atoms with van der Waals surface area (Å²) in [4.78, 5) is 32.7. The minimum Gasteiger partial charge on any atom is -0.444 e. The van der Waals surface area contributed by atoms with Crippen LogP contribution in [-0.2, 0) is 16.0 Å². The van der Waals surface area contributed by atoms with Crippen molar-refractivity contribution in [1.82, 2.24) is 19.2 Å². The van der Waals surface area contributed by atoms with E-state index in [2.05, 4.69) is 4.98 Å². The average Bonchev–Trinajstić information content (AvgIpc) is 2.97. The maximum Gasteiger partial charge on any atom is 0.410 e. The molecule has 0 aromatic carbocycles. The van der Waals surface area contributed by atoms with Crippen molar-refractivity contribution in [2.24, 2.45) is 0 Å². The third kappa shape index (κ3) is 4.15. The smallest absolute Gasteiger partial charge is 0.410 e. The van der Waals surface area contributed by atoms with Gasteiger partial charge in [-0.15, -0.1) is 0 Å². The molecular weight excluding hydrogens is 332 g/mol. The molecule has 1 saturated heterocycles. The highest BCUT2D eigenvalue weighted by molar-refractivity contribution is 5.79. The molecule has 3 heterocycles. The molecule has 7 nitrogen and oxygen atoms in total. The third-order valence-corrected chi connectivity index (χ3v) is 4.34. The van der Waals surface area contributed by atoms with E-state index in [1.165, 1.54) is 0 Å². The SMILES string of the molecule is Cc1cccn2cc(CC(=O)N3CCN(C(=O)OC(C)(C)C)CC3)nc12. The zero-order valence-corrected chi connectivity index (χ0v) is 15.9. The Bertz CT molecular complexity index is 814. The molecule has 7 heteroatoms. The minimum atomic E-state index is -0.509. The number of nitrogens with zero attached hydrogens (tertiary/aromatic N) is 4. The van der Waals surface area contributed by atoms with Crippen LogP contribution in [0.5, 0.6) is 0 Å². The first kappa shape index (κ1) is 18.2. The lowest BCUT2D eigenvalue weighted by Crippen LogP contribution is -2.52. The molecule has 2 aromatic heterocycles. The van der Waals surface area contributed by atoms with Gasteiger partial charge >= 0.3 is 6.09 Å². The van der Waals surface area contributed by atoms with Crippen LogP contribution in [0.2, 0.25) is 0 Å². The molecule has 0 atom stereocenters. The van der Waals surface area contributed by atoms with E-state index in [9.17, 15) is 9.59 Å². The molecule has 2 amide bonds. The zero-order chi connectivity index (χ0) is 18.9. The Morgan fingerprint density at radius 3 is 2.42 bits per heavy atom. The van der Waals surface area contributed by atoms with E-state index < -0.39 is 5.60 Å². The Labute approximate surface area is 153 Å². The Morgan fingerprint density at radius 2 is 1.81 bits per heavy atom. The maximum atomic E-state index is 12.6. The fourth-order valence-electron chi connectivity index (χ4n) is 3.02. The molecule has 0 radical (unpaired) electrons. The van der Waals surface area contributed by atoms with E-state index in [1.54, 1.807) is 9.80 Å². The fourth-order valence-corrected chi connectivity index (χ4v) is 3.02. The zero-order valence-electron chi connectivity index (χ0n) is 15.9. The minimum absolute atomic E-state index is 0.0369. The summed E-state index contributed by atoms with van der Waals surface area (Å²) in [6.07, 6.45) is 3.79. The van der Waals surface area contributed by atoms with Crippen LogP contribution >= 0.6 is 0 Å². The maximum absolute atomic E-state index is 12.6. The molecular formula is C19H26N4O3. The van der Waals surface area contributed by atoms with E-state index in [0.717, 1.165) is 16.9 Å². The molecule has 0 saturated carbocycles. The summed E-state index contributed by atoms with van der Waals surface area (Å²) in [6.45, 7) is 9.57. The van der Waals surface area contributed by atoms with Crippen LogP contribution in [0.1, 0.15) is 32.0 Å². The van der Waals surface area contributed by atoms with Crippen molar-refractivity contribution in [2.75, 3.05) is 26.2 Å². The van der Waals surface area contributed by atoms with Crippen LogP contribution in [0.25, 0.3) is 5.65 Å². The number of piperazine rings is 1. The second kappa shape index (κ2) is 6.97. The van der Waals surface area contributed by atoms with Gasteiger partial charge in [-0.1, -0.05) is 6.07 Å². The highest BCUT2D eigenvalue weighted by Crippen LogP contribution is 2.14. The molecule has 2 aromatic rings. The summed E-state index contributed by atoms with van der Waals surface area (Å²) in [7, 11) is 0. The highest BCUT2D eigenvalue weighted by Gasteiger charge is 2.27. The lowest BCUT2D eigenvalue weighted by atomic mass is 10.2. The number of aromatic nitrogens is 2. The molecule has 1 fully saturated rings. The molecule has 0 N–H and O–H groups in total. The normalized spacial score (nSPS) is 15.4. The van der Waals surface area contributed by atoms with Gasteiger partial charge in [0.05, 0.1) is 12.1 Å². The summed E-state index contributed by atoms with van der Waals surface area (Å²) >= 11 is 0. The number of carbonyl (C=O) groups excluding carboxylic acids is 2. The van der Waals surface area contributed by atoms with E-state index in [4.69, 9.17) is 4.74 Å². The number of ether oxygens (including phenoxy) is 1. The number of rotatable bonds is 2. The third-order valence-electron chi connectivity index (χ3n) is 4.34. The van der Waals surface area contributed by atoms with E-state index in [-0.39, 0.29) is 18.4 Å². The van der Waals surface area contributed by atoms with Gasteiger partial charge in [-0.2, -0.15) is 0 Å². The summed E-state index contributed by atoms with van der Waals surface area (Å²) in [5.41, 5.74) is 2.21. The van der Waals surface area contributed by atoms with E-state index in [0.29, 0.717) is 26.2 Å². The van der Waals surface area contributed by atoms with Gasteiger partial charge in [0.15, 0.2) is 0 Å². The number of aryl methyl sites for hydroxylation is 1.